The molecule has 0 bridgehead atoms. The zero-order chi connectivity index (χ0) is 14.1. The maximum absolute atomic E-state index is 11.3. The molecular weight excluding hydrogens is 252 g/mol. The second kappa shape index (κ2) is 5.07. The zero-order valence-corrected chi connectivity index (χ0v) is 11.5. The molecule has 3 rings (SSSR count). The number of pyridine rings is 2. The smallest absolute Gasteiger partial charge is 0.267 e. The Hall–Kier alpha value is -2.17. The molecule has 1 aliphatic heterocycles. The lowest BCUT2D eigenvalue weighted by atomic mass is 9.99. The van der Waals surface area contributed by atoms with Crippen molar-refractivity contribution in [2.75, 3.05) is 18.0 Å². The van der Waals surface area contributed by atoms with Crippen LogP contribution in [0.4, 0.5) is 5.69 Å². The van der Waals surface area contributed by atoms with E-state index in [1.807, 2.05) is 12.3 Å². The van der Waals surface area contributed by atoms with Crippen LogP contribution in [0.1, 0.15) is 30.3 Å². The molecule has 5 nitrogen and oxygen atoms in total. The summed E-state index contributed by atoms with van der Waals surface area (Å²) in [6.45, 7) is 4.29. The number of primary amides is 1. The van der Waals surface area contributed by atoms with Crippen LogP contribution >= 0.6 is 0 Å². The van der Waals surface area contributed by atoms with Crippen molar-refractivity contribution >= 4 is 22.5 Å². The van der Waals surface area contributed by atoms with Gasteiger partial charge in [-0.15, -0.1) is 0 Å². The van der Waals surface area contributed by atoms with Crippen molar-refractivity contribution in [3.05, 3.63) is 30.2 Å². The maximum Gasteiger partial charge on any atom is 0.267 e. The number of hydrogen-bond donors (Lipinski definition) is 1. The summed E-state index contributed by atoms with van der Waals surface area (Å²) in [6, 6.07) is 3.50. The van der Waals surface area contributed by atoms with Crippen LogP contribution in [0.5, 0.6) is 0 Å². The number of carbonyl (C=O) groups is 1. The number of nitrogens with zero attached hydrogens (tertiary/aromatic N) is 3. The number of piperidine rings is 1. The number of fused-ring (bicyclic) bond motifs is 1. The lowest BCUT2D eigenvalue weighted by Gasteiger charge is -2.32. The quantitative estimate of drug-likeness (QED) is 0.905. The molecule has 2 aromatic rings. The summed E-state index contributed by atoms with van der Waals surface area (Å²) in [7, 11) is 0. The topological polar surface area (TPSA) is 72.1 Å². The van der Waals surface area contributed by atoms with Crippen molar-refractivity contribution in [3.63, 3.8) is 0 Å². The lowest BCUT2D eigenvalue weighted by Crippen LogP contribution is -2.33. The fourth-order valence-electron chi connectivity index (χ4n) is 2.65. The van der Waals surface area contributed by atoms with Crippen molar-refractivity contribution in [3.8, 4) is 0 Å². The predicted molar refractivity (Wildman–Crippen MR) is 78.7 cm³/mol. The van der Waals surface area contributed by atoms with Gasteiger partial charge in [0.1, 0.15) is 5.69 Å². The van der Waals surface area contributed by atoms with Crippen LogP contribution in [0.15, 0.2) is 24.5 Å². The Morgan fingerprint density at radius 3 is 2.75 bits per heavy atom. The first kappa shape index (κ1) is 12.8. The molecule has 2 N–H and O–H groups in total. The zero-order valence-electron chi connectivity index (χ0n) is 11.5. The Morgan fingerprint density at radius 1 is 1.30 bits per heavy atom. The molecule has 20 heavy (non-hydrogen) atoms. The molecule has 0 aromatic carbocycles. The first-order valence-electron chi connectivity index (χ1n) is 6.94. The molecule has 104 valence electrons. The van der Waals surface area contributed by atoms with Crippen LogP contribution in [0.25, 0.3) is 10.9 Å². The first-order valence-corrected chi connectivity index (χ1v) is 6.94. The monoisotopic (exact) mass is 270 g/mol. The van der Waals surface area contributed by atoms with Gasteiger partial charge in [-0.25, -0.2) is 4.98 Å². The maximum atomic E-state index is 11.3. The average molecular weight is 270 g/mol. The summed E-state index contributed by atoms with van der Waals surface area (Å²) in [5.41, 5.74) is 7.43. The van der Waals surface area contributed by atoms with Gasteiger partial charge in [-0.3, -0.25) is 9.78 Å². The van der Waals surface area contributed by atoms with Gasteiger partial charge in [0.05, 0.1) is 17.4 Å². The highest BCUT2D eigenvalue weighted by molar-refractivity contribution is 5.96. The van der Waals surface area contributed by atoms with Gasteiger partial charge in [0.25, 0.3) is 5.91 Å². The number of nitrogens with two attached hydrogens (primary N) is 1. The molecule has 1 saturated heterocycles. The summed E-state index contributed by atoms with van der Waals surface area (Å²) in [5.74, 6) is 0.269. The van der Waals surface area contributed by atoms with Gasteiger partial charge in [-0.2, -0.15) is 0 Å². The van der Waals surface area contributed by atoms with Gasteiger partial charge in [0, 0.05) is 24.7 Å². The fraction of sp³-hybridized carbons (Fsp3) is 0.400. The van der Waals surface area contributed by atoms with E-state index in [9.17, 15) is 4.79 Å². The van der Waals surface area contributed by atoms with E-state index in [1.165, 1.54) is 12.8 Å². The summed E-state index contributed by atoms with van der Waals surface area (Å²) < 4.78 is 0. The molecule has 0 spiro atoms. The third-order valence-electron chi connectivity index (χ3n) is 3.96. The molecular formula is C15H18N4O. The van der Waals surface area contributed by atoms with Gasteiger partial charge in [0.15, 0.2) is 0 Å². The van der Waals surface area contributed by atoms with Crippen molar-refractivity contribution in [1.29, 1.82) is 0 Å². The first-order chi connectivity index (χ1) is 9.65. The highest BCUT2D eigenvalue weighted by Crippen LogP contribution is 2.28. The molecule has 1 aliphatic rings. The van der Waals surface area contributed by atoms with Crippen molar-refractivity contribution in [2.45, 2.75) is 19.8 Å². The van der Waals surface area contributed by atoms with Crippen LogP contribution in [-0.2, 0) is 0 Å². The van der Waals surface area contributed by atoms with Gasteiger partial charge >= 0.3 is 0 Å². The Bertz CT molecular complexity index is 647. The van der Waals surface area contributed by atoms with E-state index in [4.69, 9.17) is 5.73 Å². The van der Waals surface area contributed by atoms with Gasteiger partial charge in [0.2, 0.25) is 0 Å². The lowest BCUT2D eigenvalue weighted by molar-refractivity contribution is 0.0996. The SMILES string of the molecule is CC1CCN(c2cncc3ccc(C(N)=O)nc23)CC1. The van der Waals surface area contributed by atoms with Gasteiger partial charge < -0.3 is 10.6 Å². The highest BCUT2D eigenvalue weighted by Gasteiger charge is 2.19. The largest absolute Gasteiger partial charge is 0.369 e. The van der Waals surface area contributed by atoms with E-state index in [-0.39, 0.29) is 0 Å². The summed E-state index contributed by atoms with van der Waals surface area (Å²) in [6.07, 6.45) is 5.94. The van der Waals surface area contributed by atoms with Crippen LogP contribution in [0.3, 0.4) is 0 Å². The molecule has 0 unspecified atom stereocenters. The molecule has 1 amide bonds. The summed E-state index contributed by atoms with van der Waals surface area (Å²) in [5, 5.41) is 0.936. The fourth-order valence-corrected chi connectivity index (χ4v) is 2.65. The van der Waals surface area contributed by atoms with Crippen molar-refractivity contribution < 1.29 is 4.79 Å². The van der Waals surface area contributed by atoms with E-state index >= 15 is 0 Å². The molecule has 2 aromatic heterocycles. The predicted octanol–water partition coefficient (Wildman–Crippen LogP) is 1.96. The van der Waals surface area contributed by atoms with Gasteiger partial charge in [-0.05, 0) is 30.9 Å². The van der Waals surface area contributed by atoms with Crippen LogP contribution in [0, 0.1) is 5.92 Å². The molecule has 0 saturated carbocycles. The summed E-state index contributed by atoms with van der Waals surface area (Å²) in [4.78, 5) is 22.3. The van der Waals surface area contributed by atoms with Crippen molar-refractivity contribution in [2.24, 2.45) is 11.7 Å². The molecule has 5 heteroatoms. The highest BCUT2D eigenvalue weighted by atomic mass is 16.1. The molecule has 3 heterocycles. The second-order valence-electron chi connectivity index (χ2n) is 5.46. The normalized spacial score (nSPS) is 16.6. The van der Waals surface area contributed by atoms with Gasteiger partial charge in [-0.1, -0.05) is 6.92 Å². The number of rotatable bonds is 2. The molecule has 0 radical (unpaired) electrons. The third kappa shape index (κ3) is 2.31. The number of amides is 1. The number of anilines is 1. The van der Waals surface area contributed by atoms with Crippen LogP contribution < -0.4 is 10.6 Å². The molecule has 0 aliphatic carbocycles. The van der Waals surface area contributed by atoms with Crippen molar-refractivity contribution in [1.82, 2.24) is 9.97 Å². The number of hydrogen-bond acceptors (Lipinski definition) is 4. The Labute approximate surface area is 117 Å². The Balaban J connectivity index is 2.05. The van der Waals surface area contributed by atoms with E-state index < -0.39 is 5.91 Å². The number of carbonyl (C=O) groups excluding carboxylic acids is 1. The summed E-state index contributed by atoms with van der Waals surface area (Å²) >= 11 is 0. The minimum Gasteiger partial charge on any atom is -0.369 e. The average Bonchev–Trinajstić information content (AvgIpc) is 2.47. The second-order valence-corrected chi connectivity index (χ2v) is 5.46. The Kier molecular flexibility index (Phi) is 3.26. The van der Waals surface area contributed by atoms with E-state index in [0.29, 0.717) is 5.69 Å². The van der Waals surface area contributed by atoms with Crippen LogP contribution in [0.2, 0.25) is 0 Å². The minimum atomic E-state index is -0.498. The third-order valence-corrected chi connectivity index (χ3v) is 3.96. The van der Waals surface area contributed by atoms with E-state index in [2.05, 4.69) is 21.8 Å². The number of aromatic nitrogens is 2. The standard InChI is InChI=1S/C15H18N4O/c1-10-4-6-19(7-5-10)13-9-17-8-11-2-3-12(15(16)20)18-14(11)13/h2-3,8-10H,4-7H2,1H3,(H2,16,20). The van der Waals surface area contributed by atoms with Crippen LogP contribution in [-0.4, -0.2) is 29.0 Å². The van der Waals surface area contributed by atoms with E-state index in [0.717, 1.165) is 35.6 Å². The Morgan fingerprint density at radius 2 is 2.05 bits per heavy atom. The molecule has 1 fully saturated rings. The van der Waals surface area contributed by atoms with E-state index in [1.54, 1.807) is 12.3 Å². The minimum absolute atomic E-state index is 0.301. The molecule has 0 atom stereocenters.